The number of hydrogen-bond donors (Lipinski definition) is 2. The summed E-state index contributed by atoms with van der Waals surface area (Å²) in [5.74, 6) is 0. The molecule has 0 aliphatic carbocycles. The van der Waals surface area contributed by atoms with Gasteiger partial charge in [-0.3, -0.25) is 4.90 Å². The van der Waals surface area contributed by atoms with Crippen LogP contribution in [0.5, 0.6) is 0 Å². The second-order valence-corrected chi connectivity index (χ2v) is 6.14. The lowest BCUT2D eigenvalue weighted by molar-refractivity contribution is 0.0136. The van der Waals surface area contributed by atoms with Gasteiger partial charge >= 0.3 is 0 Å². The van der Waals surface area contributed by atoms with Crippen molar-refractivity contribution in [1.82, 2.24) is 10.2 Å². The first-order chi connectivity index (χ1) is 7.48. The van der Waals surface area contributed by atoms with E-state index in [-0.39, 0.29) is 0 Å². The Hall–Kier alpha value is -0.120. The predicted octanol–water partition coefficient (Wildman–Crippen LogP) is 1.36. The van der Waals surface area contributed by atoms with E-state index in [1.54, 1.807) is 0 Å². The molecule has 2 atom stereocenters. The second-order valence-electron chi connectivity index (χ2n) is 6.14. The maximum absolute atomic E-state index is 9.94. The summed E-state index contributed by atoms with van der Waals surface area (Å²) >= 11 is 0. The summed E-state index contributed by atoms with van der Waals surface area (Å²) in [6.45, 7) is 7.87. The van der Waals surface area contributed by atoms with Crippen molar-refractivity contribution in [3.8, 4) is 0 Å². The third-order valence-electron chi connectivity index (χ3n) is 3.96. The Bertz CT molecular complexity index is 225. The lowest BCUT2D eigenvalue weighted by atomic mass is 9.96. The van der Waals surface area contributed by atoms with Gasteiger partial charge in [-0.05, 0) is 46.1 Å². The maximum atomic E-state index is 9.94. The summed E-state index contributed by atoms with van der Waals surface area (Å²) in [5.41, 5.74) is -0.570. The molecule has 2 unspecified atom stereocenters. The Labute approximate surface area is 99.2 Å². The van der Waals surface area contributed by atoms with Gasteiger partial charge in [0.15, 0.2) is 0 Å². The first-order valence-electron chi connectivity index (χ1n) is 6.70. The number of likely N-dealkylation sites (N-methyl/N-ethyl adjacent to an activating group) is 1. The summed E-state index contributed by atoms with van der Waals surface area (Å²) in [5, 5.41) is 13.6. The zero-order valence-electron chi connectivity index (χ0n) is 10.9. The molecule has 2 fully saturated rings. The van der Waals surface area contributed by atoms with Gasteiger partial charge in [-0.1, -0.05) is 6.92 Å². The highest BCUT2D eigenvalue weighted by molar-refractivity contribution is 4.96. The van der Waals surface area contributed by atoms with Gasteiger partial charge < -0.3 is 10.4 Å². The normalized spacial score (nSPS) is 34.7. The predicted molar refractivity (Wildman–Crippen MR) is 66.5 cm³/mol. The summed E-state index contributed by atoms with van der Waals surface area (Å²) < 4.78 is 0. The van der Waals surface area contributed by atoms with Crippen LogP contribution in [0, 0.1) is 0 Å². The van der Waals surface area contributed by atoms with Gasteiger partial charge in [0.05, 0.1) is 5.60 Å². The molecule has 2 aliphatic rings. The molecule has 0 aromatic heterocycles. The van der Waals surface area contributed by atoms with E-state index < -0.39 is 5.60 Å². The largest absolute Gasteiger partial charge is 0.389 e. The summed E-state index contributed by atoms with van der Waals surface area (Å²) in [6.07, 6.45) is 5.23. The van der Waals surface area contributed by atoms with Gasteiger partial charge in [0.1, 0.15) is 0 Å². The molecule has 2 rings (SSSR count). The number of nitrogens with one attached hydrogen (secondary N) is 1. The molecule has 16 heavy (non-hydrogen) atoms. The van der Waals surface area contributed by atoms with E-state index in [1.165, 1.54) is 25.7 Å². The summed E-state index contributed by atoms with van der Waals surface area (Å²) in [6, 6.07) is 2.15. The Balaban J connectivity index is 1.94. The van der Waals surface area contributed by atoms with E-state index in [2.05, 4.69) is 17.1 Å². The molecule has 2 bridgehead atoms. The number of piperidine rings is 1. The SMILES string of the molecule is CCN(CC(C)(C)O)C1CC2CCC(C1)N2. The van der Waals surface area contributed by atoms with Crippen LogP contribution in [-0.2, 0) is 0 Å². The van der Waals surface area contributed by atoms with Crippen molar-refractivity contribution < 1.29 is 5.11 Å². The molecule has 0 saturated carbocycles. The zero-order valence-corrected chi connectivity index (χ0v) is 10.9. The fourth-order valence-corrected chi connectivity index (χ4v) is 3.32. The standard InChI is InChI=1S/C13H26N2O/c1-4-15(9-13(2,3)16)12-7-10-5-6-11(8-12)14-10/h10-12,14,16H,4-9H2,1-3H3. The molecule has 2 aliphatic heterocycles. The topological polar surface area (TPSA) is 35.5 Å². The maximum Gasteiger partial charge on any atom is 0.0718 e. The van der Waals surface area contributed by atoms with Gasteiger partial charge in [-0.15, -0.1) is 0 Å². The van der Waals surface area contributed by atoms with E-state index in [4.69, 9.17) is 0 Å². The van der Waals surface area contributed by atoms with Crippen molar-refractivity contribution in [2.75, 3.05) is 13.1 Å². The molecule has 94 valence electrons. The molecule has 3 heteroatoms. The van der Waals surface area contributed by atoms with Crippen LogP contribution in [-0.4, -0.2) is 46.8 Å². The smallest absolute Gasteiger partial charge is 0.0718 e. The molecule has 0 spiro atoms. The summed E-state index contributed by atoms with van der Waals surface area (Å²) in [7, 11) is 0. The monoisotopic (exact) mass is 226 g/mol. The molecule has 0 radical (unpaired) electrons. The Morgan fingerprint density at radius 1 is 1.25 bits per heavy atom. The summed E-state index contributed by atoms with van der Waals surface area (Å²) in [4.78, 5) is 2.46. The van der Waals surface area contributed by atoms with Crippen LogP contribution in [0.25, 0.3) is 0 Å². The lowest BCUT2D eigenvalue weighted by Crippen LogP contribution is -2.51. The van der Waals surface area contributed by atoms with E-state index in [1.807, 2.05) is 13.8 Å². The highest BCUT2D eigenvalue weighted by Gasteiger charge is 2.36. The van der Waals surface area contributed by atoms with Crippen LogP contribution in [0.2, 0.25) is 0 Å². The number of hydrogen-bond acceptors (Lipinski definition) is 3. The van der Waals surface area contributed by atoms with Crippen LogP contribution in [0.15, 0.2) is 0 Å². The molecule has 2 saturated heterocycles. The minimum absolute atomic E-state index is 0.570. The average Bonchev–Trinajstić information content (AvgIpc) is 2.53. The van der Waals surface area contributed by atoms with Crippen LogP contribution < -0.4 is 5.32 Å². The first kappa shape index (κ1) is 12.3. The average molecular weight is 226 g/mol. The first-order valence-corrected chi connectivity index (χ1v) is 6.70. The van der Waals surface area contributed by atoms with E-state index in [0.717, 1.165) is 25.2 Å². The number of nitrogens with zero attached hydrogens (tertiary/aromatic N) is 1. The van der Waals surface area contributed by atoms with Crippen LogP contribution in [0.3, 0.4) is 0 Å². The quantitative estimate of drug-likeness (QED) is 0.760. The van der Waals surface area contributed by atoms with Crippen molar-refractivity contribution in [1.29, 1.82) is 0 Å². The molecule has 0 aromatic carbocycles. The van der Waals surface area contributed by atoms with Crippen molar-refractivity contribution in [2.45, 2.75) is 70.2 Å². The van der Waals surface area contributed by atoms with Gasteiger partial charge in [0, 0.05) is 24.7 Å². The molecule has 0 amide bonds. The minimum atomic E-state index is -0.570. The Morgan fingerprint density at radius 2 is 1.81 bits per heavy atom. The van der Waals surface area contributed by atoms with Crippen molar-refractivity contribution in [3.63, 3.8) is 0 Å². The van der Waals surface area contributed by atoms with Gasteiger partial charge in [0.25, 0.3) is 0 Å². The zero-order chi connectivity index (χ0) is 11.8. The van der Waals surface area contributed by atoms with Gasteiger partial charge in [0.2, 0.25) is 0 Å². The molecular weight excluding hydrogens is 200 g/mol. The number of fused-ring (bicyclic) bond motifs is 2. The second kappa shape index (κ2) is 4.63. The fourth-order valence-electron chi connectivity index (χ4n) is 3.32. The fraction of sp³-hybridized carbons (Fsp3) is 1.00. The van der Waals surface area contributed by atoms with Crippen molar-refractivity contribution >= 4 is 0 Å². The molecule has 3 nitrogen and oxygen atoms in total. The van der Waals surface area contributed by atoms with Crippen LogP contribution >= 0.6 is 0 Å². The molecule has 0 aromatic rings. The number of aliphatic hydroxyl groups is 1. The number of rotatable bonds is 4. The molecular formula is C13H26N2O. The third kappa shape index (κ3) is 2.96. The molecule has 2 N–H and O–H groups in total. The Morgan fingerprint density at radius 3 is 2.25 bits per heavy atom. The molecule has 2 heterocycles. The van der Waals surface area contributed by atoms with Gasteiger partial charge in [-0.2, -0.15) is 0 Å². The van der Waals surface area contributed by atoms with Crippen molar-refractivity contribution in [2.24, 2.45) is 0 Å². The minimum Gasteiger partial charge on any atom is -0.389 e. The third-order valence-corrected chi connectivity index (χ3v) is 3.96. The highest BCUT2D eigenvalue weighted by Crippen LogP contribution is 2.30. The van der Waals surface area contributed by atoms with Crippen molar-refractivity contribution in [3.05, 3.63) is 0 Å². The van der Waals surface area contributed by atoms with E-state index in [0.29, 0.717) is 6.04 Å². The lowest BCUT2D eigenvalue weighted by Gasteiger charge is -2.39. The van der Waals surface area contributed by atoms with Crippen LogP contribution in [0.1, 0.15) is 46.5 Å². The van der Waals surface area contributed by atoms with Crippen LogP contribution in [0.4, 0.5) is 0 Å². The van der Waals surface area contributed by atoms with E-state index in [9.17, 15) is 5.11 Å². The highest BCUT2D eigenvalue weighted by atomic mass is 16.3. The Kier molecular flexibility index (Phi) is 3.57. The van der Waals surface area contributed by atoms with Gasteiger partial charge in [-0.25, -0.2) is 0 Å². The van der Waals surface area contributed by atoms with E-state index >= 15 is 0 Å².